The smallest absolute Gasteiger partial charge is 0.246 e. The zero-order valence-corrected chi connectivity index (χ0v) is 19.2. The van der Waals surface area contributed by atoms with E-state index in [1.165, 1.54) is 10.4 Å². The third kappa shape index (κ3) is 7.70. The first kappa shape index (κ1) is 22.8. The van der Waals surface area contributed by atoms with Crippen LogP contribution in [-0.4, -0.2) is 32.0 Å². The van der Waals surface area contributed by atoms with Gasteiger partial charge in [0.1, 0.15) is 0 Å². The van der Waals surface area contributed by atoms with Crippen LogP contribution in [0.5, 0.6) is 0 Å². The molecule has 3 rings (SSSR count). The molecule has 0 saturated heterocycles. The number of aryl methyl sites for hydroxylation is 1. The second-order valence-electron chi connectivity index (χ2n) is 7.34. The molecule has 2 aromatic carbocycles. The Morgan fingerprint density at radius 3 is 2.35 bits per heavy atom. The predicted molar refractivity (Wildman–Crippen MR) is 129 cm³/mol. The van der Waals surface area contributed by atoms with E-state index in [9.17, 15) is 13.2 Å². The molecule has 0 spiro atoms. The average Bonchev–Trinajstić information content (AvgIpc) is 3.14. The number of hydrogen-bond donors (Lipinski definition) is 1. The van der Waals surface area contributed by atoms with E-state index in [4.69, 9.17) is 0 Å². The van der Waals surface area contributed by atoms with Gasteiger partial charge in [-0.05, 0) is 54.8 Å². The monoisotopic (exact) mass is 454 g/mol. The van der Waals surface area contributed by atoms with E-state index in [0.29, 0.717) is 18.8 Å². The lowest BCUT2D eigenvalue weighted by Crippen LogP contribution is -2.30. The molecule has 162 valence electrons. The number of rotatable bonds is 9. The maximum absolute atomic E-state index is 13.0. The van der Waals surface area contributed by atoms with Gasteiger partial charge in [-0.1, -0.05) is 42.5 Å². The molecule has 0 bridgehead atoms. The van der Waals surface area contributed by atoms with Crippen LogP contribution in [0.25, 0.3) is 6.08 Å². The van der Waals surface area contributed by atoms with Crippen molar-refractivity contribution < 1.29 is 13.2 Å². The summed E-state index contributed by atoms with van der Waals surface area (Å²) < 4.78 is 25.1. The van der Waals surface area contributed by atoms with Crippen LogP contribution in [0.1, 0.15) is 20.9 Å². The molecule has 0 aliphatic carbocycles. The molecular formula is C24H26N2O3S2. The summed E-state index contributed by atoms with van der Waals surface area (Å²) in [7, 11) is -3.31. The lowest BCUT2D eigenvalue weighted by atomic mass is 10.1. The second kappa shape index (κ2) is 10.4. The molecule has 0 radical (unpaired) electrons. The number of nitrogens with zero attached hydrogens (tertiary/aromatic N) is 1. The Morgan fingerprint density at radius 2 is 1.74 bits per heavy atom. The van der Waals surface area contributed by atoms with Crippen molar-refractivity contribution in [1.82, 2.24) is 4.90 Å². The van der Waals surface area contributed by atoms with Crippen molar-refractivity contribution >= 4 is 39.0 Å². The highest BCUT2D eigenvalue weighted by Crippen LogP contribution is 2.18. The Hall–Kier alpha value is -2.90. The molecule has 0 fully saturated rings. The Labute approximate surface area is 188 Å². The predicted octanol–water partition coefficient (Wildman–Crippen LogP) is 4.71. The van der Waals surface area contributed by atoms with Gasteiger partial charge < -0.3 is 4.90 Å². The van der Waals surface area contributed by atoms with Gasteiger partial charge in [0, 0.05) is 28.1 Å². The molecule has 1 aromatic heterocycles. The summed E-state index contributed by atoms with van der Waals surface area (Å²) in [5.41, 5.74) is 2.51. The molecular weight excluding hydrogens is 428 g/mol. The van der Waals surface area contributed by atoms with Crippen LogP contribution in [-0.2, 0) is 27.8 Å². The van der Waals surface area contributed by atoms with E-state index in [2.05, 4.69) is 35.9 Å². The van der Waals surface area contributed by atoms with Crippen molar-refractivity contribution in [3.05, 3.63) is 93.7 Å². The van der Waals surface area contributed by atoms with Gasteiger partial charge in [-0.15, -0.1) is 11.3 Å². The number of thiophene rings is 1. The maximum atomic E-state index is 13.0. The number of sulfonamides is 1. The average molecular weight is 455 g/mol. The molecule has 1 heterocycles. The maximum Gasteiger partial charge on any atom is 0.246 e. The topological polar surface area (TPSA) is 66.5 Å². The van der Waals surface area contributed by atoms with Gasteiger partial charge in [0.2, 0.25) is 15.9 Å². The lowest BCUT2D eigenvalue weighted by Gasteiger charge is -2.21. The molecule has 7 heteroatoms. The fourth-order valence-corrected chi connectivity index (χ4v) is 4.55. The Bertz CT molecular complexity index is 1140. The van der Waals surface area contributed by atoms with Gasteiger partial charge in [-0.25, -0.2) is 8.42 Å². The summed E-state index contributed by atoms with van der Waals surface area (Å²) in [5, 5.41) is 0. The third-order valence-corrected chi connectivity index (χ3v) is 6.19. The van der Waals surface area contributed by atoms with Crippen LogP contribution in [0.3, 0.4) is 0 Å². The van der Waals surface area contributed by atoms with Gasteiger partial charge in [-0.2, -0.15) is 0 Å². The van der Waals surface area contributed by atoms with Crippen molar-refractivity contribution in [3.63, 3.8) is 0 Å². The zero-order chi connectivity index (χ0) is 22.3. The summed E-state index contributed by atoms with van der Waals surface area (Å²) in [6.07, 6.45) is 5.22. The van der Waals surface area contributed by atoms with Crippen molar-refractivity contribution in [2.45, 2.75) is 19.9 Å². The van der Waals surface area contributed by atoms with E-state index >= 15 is 0 Å². The highest BCUT2D eigenvalue weighted by Gasteiger charge is 2.13. The molecule has 1 amide bonds. The molecule has 0 aliphatic rings. The third-order valence-electron chi connectivity index (χ3n) is 4.60. The number of carbonyl (C=O) groups excluding carboxylic acids is 1. The van der Waals surface area contributed by atoms with E-state index in [0.717, 1.165) is 23.1 Å². The molecule has 1 N–H and O–H groups in total. The second-order valence-corrected chi connectivity index (χ2v) is 10.5. The normalized spacial score (nSPS) is 11.5. The molecule has 0 unspecified atom stereocenters. The number of amides is 1. The van der Waals surface area contributed by atoms with Gasteiger partial charge in [0.15, 0.2) is 0 Å². The first-order valence-corrected chi connectivity index (χ1v) is 12.6. The summed E-state index contributed by atoms with van der Waals surface area (Å²) in [6.45, 7) is 3.26. The lowest BCUT2D eigenvalue weighted by molar-refractivity contribution is -0.126. The van der Waals surface area contributed by atoms with Crippen molar-refractivity contribution in [1.29, 1.82) is 0 Å². The van der Waals surface area contributed by atoms with Gasteiger partial charge in [0.25, 0.3) is 0 Å². The molecule has 31 heavy (non-hydrogen) atoms. The minimum atomic E-state index is -3.31. The van der Waals surface area contributed by atoms with Crippen molar-refractivity contribution in [3.8, 4) is 0 Å². The number of benzene rings is 2. The quantitative estimate of drug-likeness (QED) is 0.476. The molecule has 3 aromatic rings. The number of carbonyl (C=O) groups is 1. The van der Waals surface area contributed by atoms with Gasteiger partial charge in [-0.3, -0.25) is 9.52 Å². The minimum absolute atomic E-state index is 0.0553. The van der Waals surface area contributed by atoms with Crippen LogP contribution in [0.15, 0.2) is 72.8 Å². The standard InChI is InChI=1S/C24H26N2O3S2/c1-19-8-14-23(30-19)18-26(17-16-20-6-4-3-5-7-20)24(27)15-11-21-9-12-22(13-10-21)25-31(2,28)29/h3-15,25H,16-18H2,1-2H3/b15-11+. The summed E-state index contributed by atoms with van der Waals surface area (Å²) in [6, 6.07) is 21.2. The molecule has 0 saturated carbocycles. The number of anilines is 1. The highest BCUT2D eigenvalue weighted by molar-refractivity contribution is 7.92. The van der Waals surface area contributed by atoms with E-state index in [1.54, 1.807) is 47.8 Å². The van der Waals surface area contributed by atoms with Crippen molar-refractivity contribution in [2.75, 3.05) is 17.5 Å². The molecule has 0 aliphatic heterocycles. The van der Waals surface area contributed by atoms with Crippen LogP contribution in [0.4, 0.5) is 5.69 Å². The number of hydrogen-bond acceptors (Lipinski definition) is 4. The van der Waals surface area contributed by atoms with Crippen LogP contribution < -0.4 is 4.72 Å². The largest absolute Gasteiger partial charge is 0.334 e. The first-order chi connectivity index (χ1) is 14.8. The fourth-order valence-electron chi connectivity index (χ4n) is 3.08. The first-order valence-electron chi connectivity index (χ1n) is 9.92. The number of nitrogens with one attached hydrogen (secondary N) is 1. The Morgan fingerprint density at radius 1 is 1.03 bits per heavy atom. The van der Waals surface area contributed by atoms with E-state index < -0.39 is 10.0 Å². The van der Waals surface area contributed by atoms with Crippen LogP contribution in [0.2, 0.25) is 0 Å². The van der Waals surface area contributed by atoms with Gasteiger partial charge in [0.05, 0.1) is 12.8 Å². The van der Waals surface area contributed by atoms with E-state index in [-0.39, 0.29) is 5.91 Å². The van der Waals surface area contributed by atoms with Crippen LogP contribution >= 0.6 is 11.3 Å². The summed E-state index contributed by atoms with van der Waals surface area (Å²) in [5.74, 6) is -0.0553. The Balaban J connectivity index is 1.69. The Kier molecular flexibility index (Phi) is 7.65. The van der Waals surface area contributed by atoms with Crippen molar-refractivity contribution in [2.24, 2.45) is 0 Å². The fraction of sp³-hybridized carbons (Fsp3) is 0.208. The zero-order valence-electron chi connectivity index (χ0n) is 17.6. The SMILES string of the molecule is Cc1ccc(CN(CCc2ccccc2)C(=O)/C=C/c2ccc(NS(C)(=O)=O)cc2)s1. The van der Waals surface area contributed by atoms with E-state index in [1.807, 2.05) is 23.1 Å². The molecule has 0 atom stereocenters. The summed E-state index contributed by atoms with van der Waals surface area (Å²) >= 11 is 1.70. The summed E-state index contributed by atoms with van der Waals surface area (Å²) in [4.78, 5) is 17.2. The van der Waals surface area contributed by atoms with Crippen LogP contribution in [0, 0.1) is 6.92 Å². The highest BCUT2D eigenvalue weighted by atomic mass is 32.2. The minimum Gasteiger partial charge on any atom is -0.334 e. The molecule has 5 nitrogen and oxygen atoms in total. The van der Waals surface area contributed by atoms with Gasteiger partial charge >= 0.3 is 0 Å².